The molecule has 3 fully saturated rings. The average molecular weight is 1400 g/mol. The number of nitrogens with zero attached hydrogens (tertiary/aromatic N) is 8. The van der Waals surface area contributed by atoms with E-state index in [1.165, 1.54) is 45.1 Å². The van der Waals surface area contributed by atoms with Gasteiger partial charge in [-0.2, -0.15) is 39.5 Å². The third-order valence-corrected chi connectivity index (χ3v) is 20.5. The molecule has 0 unspecified atom stereocenters. The van der Waals surface area contributed by atoms with Crippen molar-refractivity contribution in [2.24, 2.45) is 0 Å². The monoisotopic (exact) mass is 1400 g/mol. The van der Waals surface area contributed by atoms with Gasteiger partial charge < -0.3 is 53.0 Å². The maximum Gasteiger partial charge on any atom is 0.431 e. The van der Waals surface area contributed by atoms with Gasteiger partial charge in [0.05, 0.1) is 48.0 Å². The maximum atomic E-state index is 13.7. The van der Waals surface area contributed by atoms with Gasteiger partial charge in [-0.1, -0.05) is 6.92 Å². The predicted molar refractivity (Wildman–Crippen MR) is 352 cm³/mol. The van der Waals surface area contributed by atoms with Crippen molar-refractivity contribution < 1.29 is 83.4 Å². The number of fused-ring (bicyclic) bond motifs is 6. The van der Waals surface area contributed by atoms with E-state index in [4.69, 9.17) is 14.2 Å². The Bertz CT molecular complexity index is 3890. The number of likely N-dealkylation sites (N-methyl/N-ethyl adjacent to an activating group) is 1. The number of phenols is 1. The van der Waals surface area contributed by atoms with Crippen LogP contribution in [0.2, 0.25) is 0 Å². The Morgan fingerprint density at radius 2 is 1.00 bits per heavy atom. The molecule has 0 radical (unpaired) electrons. The van der Waals surface area contributed by atoms with Crippen molar-refractivity contribution in [2.45, 2.75) is 173 Å². The molecule has 6 aliphatic heterocycles. The van der Waals surface area contributed by atoms with Crippen molar-refractivity contribution in [1.29, 1.82) is 0 Å². The molecule has 27 heteroatoms. The first-order valence-corrected chi connectivity index (χ1v) is 33.6. The van der Waals surface area contributed by atoms with Crippen LogP contribution in [-0.4, -0.2) is 159 Å². The minimum atomic E-state index is -4.54. The van der Waals surface area contributed by atoms with Crippen molar-refractivity contribution in [1.82, 2.24) is 43.5 Å². The Morgan fingerprint density at radius 1 is 0.556 bits per heavy atom. The number of likely N-dealkylation sites (tertiary alicyclic amines) is 3. The number of halogens is 11. The van der Waals surface area contributed by atoms with Crippen LogP contribution in [0, 0.1) is 6.92 Å². The number of amides is 3. The molecule has 542 valence electrons. The van der Waals surface area contributed by atoms with Gasteiger partial charge in [0, 0.05) is 107 Å². The number of benzene rings is 3. The number of aromatic hydroxyl groups is 1. The normalized spacial score (nSPS) is 18.9. The van der Waals surface area contributed by atoms with Crippen LogP contribution in [0.1, 0.15) is 165 Å². The Labute approximate surface area is 571 Å². The Morgan fingerprint density at radius 3 is 1.49 bits per heavy atom. The summed E-state index contributed by atoms with van der Waals surface area (Å²) >= 11 is 0. The van der Waals surface area contributed by atoms with Crippen LogP contribution >= 0.6 is 0 Å². The fourth-order valence-corrected chi connectivity index (χ4v) is 15.4. The summed E-state index contributed by atoms with van der Waals surface area (Å²) in [4.78, 5) is 48.3. The van der Waals surface area contributed by atoms with E-state index in [2.05, 4.69) is 10.2 Å². The quantitative estimate of drug-likeness (QED) is 0.120. The number of aryl methyl sites for hydroxylation is 2. The molecule has 2 N–H and O–H groups in total. The van der Waals surface area contributed by atoms with E-state index in [0.717, 1.165) is 22.9 Å². The minimum absolute atomic E-state index is 0. The molecule has 16 nitrogen and oxygen atoms in total. The molecule has 3 saturated heterocycles. The van der Waals surface area contributed by atoms with Crippen molar-refractivity contribution in [2.75, 3.05) is 79.6 Å². The van der Waals surface area contributed by atoms with Gasteiger partial charge in [0.25, 0.3) is 24.1 Å². The number of carbonyl (C=O) groups is 3. The molecule has 0 saturated carbocycles. The molecule has 12 rings (SSSR count). The molecular formula is C72H90F11N9O7. The molecule has 0 aliphatic carbocycles. The van der Waals surface area contributed by atoms with Gasteiger partial charge in [-0.15, -0.1) is 0 Å². The molecule has 6 aromatic rings. The summed E-state index contributed by atoms with van der Waals surface area (Å²) in [6, 6.07) is 23.2. The number of methoxy groups -OCH3 is 1. The van der Waals surface area contributed by atoms with Gasteiger partial charge >= 0.3 is 18.5 Å². The first-order chi connectivity index (χ1) is 46.5. The molecule has 3 spiro atoms. The second kappa shape index (κ2) is 28.3. The SMILES string of the molecule is CCc1cc(C(=O)N2CCC3(CC2)c2ccc(C(F)(F)F)n2CCN3C)ccc1O.COc1cc(C(=O)N2CCC3(CC2)c2ccc(C(F)(F)F)n2CCN3CC(F)F)ccc1OC(C)C.Cc1cc(C(=O)N2CCC3(CC2)NCC(C)(C)n2c(C(F)(F)F)ccc23)ccc1OC(C)C.[HH]. The highest BCUT2D eigenvalue weighted by molar-refractivity contribution is 5.96. The van der Waals surface area contributed by atoms with Gasteiger partial charge in [-0.05, 0) is 203 Å². The zero-order valence-corrected chi connectivity index (χ0v) is 57.5. The number of aromatic nitrogens is 3. The molecule has 6 aliphatic rings. The number of ether oxygens (including phenoxy) is 3. The van der Waals surface area contributed by atoms with Crippen LogP contribution in [0.4, 0.5) is 48.3 Å². The molecule has 0 bridgehead atoms. The zero-order chi connectivity index (χ0) is 72.1. The molecule has 3 amide bonds. The Hall–Kier alpha value is -7.78. The van der Waals surface area contributed by atoms with Gasteiger partial charge in [0.15, 0.2) is 11.5 Å². The van der Waals surface area contributed by atoms with Crippen LogP contribution in [0.3, 0.4) is 0 Å². The van der Waals surface area contributed by atoms with Crippen molar-refractivity contribution in [3.63, 3.8) is 0 Å². The molecule has 9 heterocycles. The maximum absolute atomic E-state index is 13.7. The highest BCUT2D eigenvalue weighted by atomic mass is 19.4. The number of rotatable bonds is 11. The number of hydrogen-bond acceptors (Lipinski definition) is 10. The van der Waals surface area contributed by atoms with Crippen molar-refractivity contribution >= 4 is 17.7 Å². The number of phenolic OH excluding ortho intramolecular Hbond substituents is 1. The van der Waals surface area contributed by atoms with Crippen LogP contribution in [-0.2, 0) is 60.2 Å². The Kier molecular flexibility index (Phi) is 21.2. The van der Waals surface area contributed by atoms with E-state index in [-0.39, 0.29) is 76.1 Å². The zero-order valence-electron chi connectivity index (χ0n) is 57.5. The first-order valence-electron chi connectivity index (χ1n) is 33.6. The standard InChI is InChI=1S/C25H30F5N3O3.C25H32F3N3O2.C22H26F3N3O2.H2/c1-16(2)36-18-5-4-17(14-19(18)35-3)23(34)31-10-8-24(9-11-31)20-6-7-21(25(28,29)30)33(20)13-12-32(24)15-22(26)27;1-16(2)33-19-7-6-18(14-17(19)3)22(32)30-12-10-24(11-13-30)20-8-9-21(25(26,27)28)31(20)23(4,5)15-29-24;1-3-15-14-16(4-5-17(15)29)20(30)27-10-8-21(9-11-27)18-6-7-19(22(23,24)25)28(18)13-12-26(21)2;/h4-7,14,16,22H,8-13,15H2,1-3H3;6-9,14,16,29H,10-13,15H2,1-5H3;4-7,14,29H,3,8-13H2,1-2H3;1H. The second-order valence-corrected chi connectivity index (χ2v) is 27.8. The molecule has 0 atom stereocenters. The summed E-state index contributed by atoms with van der Waals surface area (Å²) in [5, 5.41) is 13.4. The predicted octanol–water partition coefficient (Wildman–Crippen LogP) is 14.2. The summed E-state index contributed by atoms with van der Waals surface area (Å²) < 4.78 is 170. The third-order valence-electron chi connectivity index (χ3n) is 20.5. The Balaban J connectivity index is 0.000000175. The highest BCUT2D eigenvalue weighted by Gasteiger charge is 2.52. The summed E-state index contributed by atoms with van der Waals surface area (Å²) in [6.45, 7) is 18.3. The third kappa shape index (κ3) is 14.9. The van der Waals surface area contributed by atoms with E-state index < -0.39 is 70.7 Å². The smallest absolute Gasteiger partial charge is 0.431 e. The lowest BCUT2D eigenvalue weighted by Crippen LogP contribution is -2.61. The lowest BCUT2D eigenvalue weighted by atomic mass is 9.80. The van der Waals surface area contributed by atoms with Crippen molar-refractivity contribution in [3.05, 3.63) is 153 Å². The summed E-state index contributed by atoms with van der Waals surface area (Å²) in [5.41, 5.74) is 0.113. The minimum Gasteiger partial charge on any atom is -0.508 e. The van der Waals surface area contributed by atoms with Gasteiger partial charge in [-0.25, -0.2) is 8.78 Å². The van der Waals surface area contributed by atoms with E-state index in [9.17, 15) is 67.8 Å². The summed E-state index contributed by atoms with van der Waals surface area (Å²) in [5.74, 6) is 1.42. The first kappa shape index (κ1) is 73.9. The second-order valence-electron chi connectivity index (χ2n) is 27.8. The van der Waals surface area contributed by atoms with E-state index in [1.807, 2.05) is 74.6 Å². The molecule has 3 aromatic carbocycles. The fraction of sp³-hybridized carbons (Fsp3) is 0.542. The number of piperidine rings is 3. The largest absolute Gasteiger partial charge is 0.508 e. The van der Waals surface area contributed by atoms with E-state index >= 15 is 0 Å². The molecule has 99 heavy (non-hydrogen) atoms. The lowest BCUT2D eigenvalue weighted by Gasteiger charge is -2.52. The van der Waals surface area contributed by atoms with Gasteiger partial charge in [0.2, 0.25) is 0 Å². The number of nitrogens with one attached hydrogen (secondary N) is 1. The van der Waals surface area contributed by atoms with Crippen LogP contribution in [0.15, 0.2) is 91.0 Å². The average Bonchev–Trinajstić information content (AvgIpc) is 1.50. The van der Waals surface area contributed by atoms with Gasteiger partial charge in [-0.3, -0.25) is 24.2 Å². The lowest BCUT2D eigenvalue weighted by molar-refractivity contribution is -0.146. The fourth-order valence-electron chi connectivity index (χ4n) is 15.4. The number of hydrogen-bond donors (Lipinski definition) is 2. The van der Waals surface area contributed by atoms with Crippen molar-refractivity contribution in [3.8, 4) is 23.0 Å². The van der Waals surface area contributed by atoms with E-state index in [0.29, 0.717) is 123 Å². The highest BCUT2D eigenvalue weighted by Crippen LogP contribution is 2.49. The number of alkyl halides is 11. The van der Waals surface area contributed by atoms with Crippen LogP contribution in [0.25, 0.3) is 0 Å². The van der Waals surface area contributed by atoms with Crippen LogP contribution < -0.4 is 19.5 Å². The number of carbonyl (C=O) groups excluding carboxylic acids is 3. The van der Waals surface area contributed by atoms with Crippen LogP contribution in [0.5, 0.6) is 23.0 Å². The molecular weight excluding hydrogens is 1310 g/mol. The topological polar surface area (TPSA) is 142 Å². The summed E-state index contributed by atoms with van der Waals surface area (Å²) in [7, 11) is 3.43. The summed E-state index contributed by atoms with van der Waals surface area (Å²) in [6.07, 6.45) is -12.6. The van der Waals surface area contributed by atoms with Gasteiger partial charge in [0.1, 0.15) is 28.6 Å². The van der Waals surface area contributed by atoms with E-state index in [1.54, 1.807) is 68.1 Å². The molecule has 3 aromatic heterocycles.